The Labute approximate surface area is 526 Å². The van der Waals surface area contributed by atoms with Crippen molar-refractivity contribution < 1.29 is 62.6 Å². The fourth-order valence-corrected chi connectivity index (χ4v) is 11.9. The molecule has 0 spiro atoms. The Bertz CT molecular complexity index is 2420. The van der Waals surface area contributed by atoms with Gasteiger partial charge in [-0.15, -0.1) is 0 Å². The van der Waals surface area contributed by atoms with Crippen molar-refractivity contribution in [3.8, 4) is 0 Å². The van der Waals surface area contributed by atoms with Crippen LogP contribution in [0.3, 0.4) is 0 Å². The van der Waals surface area contributed by atoms with Crippen LogP contribution in [0.15, 0.2) is 17.3 Å². The molecule has 22 nitrogen and oxygen atoms in total. The minimum atomic E-state index is -1.40. The lowest BCUT2D eigenvalue weighted by Gasteiger charge is -2.36. The van der Waals surface area contributed by atoms with E-state index >= 15 is 0 Å². The van der Waals surface area contributed by atoms with Crippen LogP contribution in [-0.2, 0) is 57.5 Å². The number of ketones is 5. The van der Waals surface area contributed by atoms with E-state index in [1.165, 1.54) is 54.7 Å². The normalized spacial score (nSPS) is 26.6. The molecule has 0 bridgehead atoms. The topological polar surface area (TPSA) is 303 Å². The van der Waals surface area contributed by atoms with Gasteiger partial charge in [0.1, 0.15) is 12.1 Å². The number of allylic oxidation sites excluding steroid dienone is 2. The molecule has 1 aliphatic heterocycles. The maximum absolute atomic E-state index is 14.9. The summed E-state index contributed by atoms with van der Waals surface area (Å²) in [5, 5.41) is 21.0. The Balaban J connectivity index is 4.23. The summed E-state index contributed by atoms with van der Waals surface area (Å²) in [6.07, 6.45) is 1.08. The van der Waals surface area contributed by atoms with E-state index in [0.29, 0.717) is 19.3 Å². The van der Waals surface area contributed by atoms with Gasteiger partial charge in [0.25, 0.3) is 0 Å². The van der Waals surface area contributed by atoms with Crippen molar-refractivity contribution in [2.75, 3.05) is 41.3 Å². The van der Waals surface area contributed by atoms with Gasteiger partial charge in [0.2, 0.25) is 35.4 Å². The monoisotopic (exact) mass is 1240 g/mol. The quantitative estimate of drug-likeness (QED) is 0.0340. The van der Waals surface area contributed by atoms with Crippen LogP contribution in [0.1, 0.15) is 194 Å². The third-order valence-electron chi connectivity index (χ3n) is 17.1. The summed E-state index contributed by atoms with van der Waals surface area (Å²) in [5.74, 6) is -12.1. The van der Waals surface area contributed by atoms with E-state index in [1.807, 2.05) is 54.5 Å². The van der Waals surface area contributed by atoms with Gasteiger partial charge in [-0.05, 0) is 107 Å². The number of hydrogen-bond donors (Lipinski definition) is 3. The van der Waals surface area contributed by atoms with Crippen LogP contribution in [-0.4, -0.2) is 179 Å². The molecule has 1 heterocycles. The van der Waals surface area contributed by atoms with Crippen LogP contribution in [0, 0.1) is 59.2 Å². The third-order valence-corrected chi connectivity index (χ3v) is 17.1. The number of likely N-dealkylation sites (N-methyl/N-ethyl adjacent to an activating group) is 4. The van der Waals surface area contributed by atoms with Crippen LogP contribution in [0.4, 0.5) is 0 Å². The summed E-state index contributed by atoms with van der Waals surface area (Å²) in [4.78, 5) is 168. The number of Topliss-reactive ketones (excluding diaryl/α,β-unsaturated/α-hetero) is 5. The summed E-state index contributed by atoms with van der Waals surface area (Å²) in [7, 11) is 5.85. The average molecular weight is 1240 g/mol. The lowest BCUT2D eigenvalue weighted by atomic mass is 9.82. The predicted molar refractivity (Wildman–Crippen MR) is 340 cm³/mol. The molecular weight excluding hydrogens is 1130 g/mol. The minimum absolute atomic E-state index is 0.0741. The lowest BCUT2D eigenvalue weighted by molar-refractivity contribution is -0.148. The Hall–Kier alpha value is -5.86. The van der Waals surface area contributed by atoms with Gasteiger partial charge in [-0.3, -0.25) is 52.7 Å². The van der Waals surface area contributed by atoms with Crippen LogP contribution >= 0.6 is 0 Å². The zero-order valence-electron chi connectivity index (χ0n) is 57.1. The van der Waals surface area contributed by atoms with Crippen molar-refractivity contribution in [1.82, 2.24) is 30.2 Å². The molecule has 0 saturated carbocycles. The molecule has 6 amide bonds. The van der Waals surface area contributed by atoms with E-state index in [9.17, 15) is 57.8 Å². The summed E-state index contributed by atoms with van der Waals surface area (Å²) in [6.45, 7) is 28.6. The molecule has 0 aliphatic carbocycles. The van der Waals surface area contributed by atoms with E-state index in [0.717, 1.165) is 0 Å². The molecule has 1 fully saturated rings. The number of aliphatic hydroxyl groups is 1. The van der Waals surface area contributed by atoms with Gasteiger partial charge in [0, 0.05) is 103 Å². The van der Waals surface area contributed by atoms with E-state index in [2.05, 4.69) is 20.7 Å². The number of nitrogens with zero attached hydrogens (tertiary/aromatic N) is 7. The smallest absolute Gasteiger partial charge is 0.245 e. The van der Waals surface area contributed by atoms with Gasteiger partial charge in [-0.1, -0.05) is 107 Å². The van der Waals surface area contributed by atoms with Crippen LogP contribution < -0.4 is 10.6 Å². The third kappa shape index (κ3) is 25.2. The highest BCUT2D eigenvalue weighted by molar-refractivity contribution is 5.99. The Morgan fingerprint density at radius 1 is 0.614 bits per heavy atom. The molecule has 13 atom stereocenters. The molecule has 88 heavy (non-hydrogen) atoms. The lowest BCUT2D eigenvalue weighted by Crippen LogP contribution is -2.53. The molecule has 1 aliphatic rings. The molecule has 500 valence electrons. The fraction of sp³-hybridized carbons (Fsp3) is 0.803. The van der Waals surface area contributed by atoms with Crippen LogP contribution in [0.25, 0.3) is 10.4 Å². The molecule has 1 saturated heterocycles. The summed E-state index contributed by atoms with van der Waals surface area (Å²) in [6, 6.07) is -6.75. The maximum Gasteiger partial charge on any atom is 0.245 e. The molecule has 22 heteroatoms. The first-order valence-electron chi connectivity index (χ1n) is 32.2. The second-order valence-electron chi connectivity index (χ2n) is 26.8. The molecule has 0 aromatic carbocycles. The second-order valence-corrected chi connectivity index (χ2v) is 26.8. The Morgan fingerprint density at radius 2 is 1.15 bits per heavy atom. The van der Waals surface area contributed by atoms with E-state index in [4.69, 9.17) is 10.3 Å². The molecule has 3 N–H and O–H groups in total. The fourth-order valence-electron chi connectivity index (χ4n) is 11.9. The maximum atomic E-state index is 14.9. The van der Waals surface area contributed by atoms with Gasteiger partial charge < -0.3 is 40.1 Å². The van der Waals surface area contributed by atoms with Gasteiger partial charge >= 0.3 is 0 Å². The SMILES string of the molecule is C/C=C/C[C@@H](C)[C@@H](O)[C@@H]1CC(=O)[C@H](C(C)C)N(C)C(=O)[C@H](CC(C)C)CC(=O)[C@H](CC(C)C)N(C)C(=O)[C@@H](C)NC(=O)[C@H](C)CC(=O)[C@H](CC(C)C)N(C)C(=O)[C@H](C(C)C)CC(=O)[C@H]([C@@H](C)OCCCCN=[N+]=[N-])N(C)C(=O)CCC(=O)[C@H](CC)NC1=O. The van der Waals surface area contributed by atoms with Crippen molar-refractivity contribution in [2.24, 2.45) is 64.3 Å². The molecule has 1 rings (SSSR count). The number of aliphatic hydroxyl groups excluding tert-OH is 1. The van der Waals surface area contributed by atoms with Crippen LogP contribution in [0.2, 0.25) is 0 Å². The standard InChI is InChI=1S/C66H113N9O13/c1-21-23-26-43(13)61(82)49-37-56(79)59(42(11)12)75(20)65(86)47(31-38(3)4)35-55(78)52(33-40(7)8)72(17)64(85)45(15)69-62(83)44(14)34-54(77)51(32-39(5)6)73(18)66(87)48(41(9)10)36-57(80)60(46(16)88-30-25-24-29-68-71-67)74(19)58(81)28-27-53(76)50(22-2)70-63(49)84/h21,23,38-52,59-61,82H,22,24-37H2,1-20H3,(H,69,83)(H,70,84)/b23-21+/t43-,44-,45-,46-,47-,48+,49+,50+,51+,52+,59+,60+,61-/m1/s1. The highest BCUT2D eigenvalue weighted by atomic mass is 16.5. The zero-order valence-corrected chi connectivity index (χ0v) is 57.1. The summed E-state index contributed by atoms with van der Waals surface area (Å²) in [5.41, 5.74) is 8.75. The molecule has 0 unspecified atom stereocenters. The highest BCUT2D eigenvalue weighted by Crippen LogP contribution is 2.30. The first-order chi connectivity index (χ1) is 41.0. The summed E-state index contributed by atoms with van der Waals surface area (Å²) < 4.78 is 6.15. The Morgan fingerprint density at radius 3 is 1.66 bits per heavy atom. The number of carbonyl (C=O) groups is 11. The van der Waals surface area contributed by atoms with Crippen LogP contribution in [0.5, 0.6) is 0 Å². The average Bonchev–Trinajstić information content (AvgIpc) is 2.09. The number of amides is 6. The molecule has 0 aromatic rings. The molecular formula is C66H113N9O13. The first-order valence-corrected chi connectivity index (χ1v) is 32.2. The van der Waals surface area contributed by atoms with E-state index in [1.54, 1.807) is 61.5 Å². The second kappa shape index (κ2) is 39.3. The summed E-state index contributed by atoms with van der Waals surface area (Å²) >= 11 is 0. The predicted octanol–water partition coefficient (Wildman–Crippen LogP) is 8.29. The largest absolute Gasteiger partial charge is 0.392 e. The van der Waals surface area contributed by atoms with E-state index < -0.39 is 167 Å². The van der Waals surface area contributed by atoms with E-state index in [-0.39, 0.29) is 82.3 Å². The van der Waals surface area contributed by atoms with Crippen molar-refractivity contribution >= 4 is 64.4 Å². The number of hydrogen-bond acceptors (Lipinski definition) is 14. The van der Waals surface area contributed by atoms with Crippen molar-refractivity contribution in [2.45, 2.75) is 243 Å². The number of nitrogens with one attached hydrogen (secondary N) is 2. The number of ether oxygens (including phenoxy) is 1. The number of carbonyl (C=O) groups excluding carboxylic acids is 11. The van der Waals surface area contributed by atoms with Crippen molar-refractivity contribution in [1.29, 1.82) is 0 Å². The number of unbranched alkanes of at least 4 members (excludes halogenated alkanes) is 1. The van der Waals surface area contributed by atoms with Gasteiger partial charge in [-0.2, -0.15) is 0 Å². The van der Waals surface area contributed by atoms with Gasteiger partial charge in [-0.25, -0.2) is 0 Å². The highest BCUT2D eigenvalue weighted by Gasteiger charge is 2.43. The number of azide groups is 1. The minimum Gasteiger partial charge on any atom is -0.392 e. The van der Waals surface area contributed by atoms with Gasteiger partial charge in [0.15, 0.2) is 28.9 Å². The zero-order chi connectivity index (χ0) is 67.6. The molecule has 0 aromatic heterocycles. The first kappa shape index (κ1) is 80.2. The number of rotatable bonds is 20. The van der Waals surface area contributed by atoms with Gasteiger partial charge in [0.05, 0.1) is 42.3 Å². The van der Waals surface area contributed by atoms with Crippen molar-refractivity contribution in [3.63, 3.8) is 0 Å². The molecule has 0 radical (unpaired) electrons. The Kier molecular flexibility index (Phi) is 35.8. The van der Waals surface area contributed by atoms with Crippen molar-refractivity contribution in [3.05, 3.63) is 22.6 Å².